The first-order chi connectivity index (χ1) is 6.08. The van der Waals surface area contributed by atoms with Crippen LogP contribution < -0.4 is 0 Å². The second-order valence-electron chi connectivity index (χ2n) is 4.28. The predicted octanol–water partition coefficient (Wildman–Crippen LogP) is 3.47. The molecule has 0 aliphatic carbocycles. The lowest BCUT2D eigenvalue weighted by Crippen LogP contribution is -2.06. The topological polar surface area (TPSA) is 9.23 Å². The van der Waals surface area contributed by atoms with Crippen molar-refractivity contribution in [1.82, 2.24) is 0 Å². The summed E-state index contributed by atoms with van der Waals surface area (Å²) in [5.41, 5.74) is 2.70. The largest absolute Gasteiger partial charge is 0.367 e. The summed E-state index contributed by atoms with van der Waals surface area (Å²) in [6.07, 6.45) is 7.48. The van der Waals surface area contributed by atoms with E-state index in [1.165, 1.54) is 24.0 Å². The molecule has 1 saturated heterocycles. The van der Waals surface area contributed by atoms with E-state index in [-0.39, 0.29) is 0 Å². The van der Waals surface area contributed by atoms with E-state index < -0.39 is 0 Å². The minimum absolute atomic E-state index is 0.352. The zero-order chi connectivity index (χ0) is 9.84. The van der Waals surface area contributed by atoms with Crippen molar-refractivity contribution < 1.29 is 4.74 Å². The van der Waals surface area contributed by atoms with Gasteiger partial charge in [-0.05, 0) is 40.5 Å². The molecule has 0 aromatic heterocycles. The highest BCUT2D eigenvalue weighted by Crippen LogP contribution is 2.23. The van der Waals surface area contributed by atoms with Crippen molar-refractivity contribution in [2.45, 2.75) is 52.7 Å². The number of rotatable bonds is 2. The van der Waals surface area contributed by atoms with Crippen LogP contribution in [0.15, 0.2) is 23.3 Å². The Bertz CT molecular complexity index is 193. The molecular weight excluding hydrogens is 160 g/mol. The third kappa shape index (κ3) is 3.77. The average Bonchev–Trinajstić information content (AvgIpc) is 2.33. The Hall–Kier alpha value is -0.560. The summed E-state index contributed by atoms with van der Waals surface area (Å²) in [7, 11) is 0. The Balaban J connectivity index is 2.45. The summed E-state index contributed by atoms with van der Waals surface area (Å²) < 4.78 is 5.83. The highest BCUT2D eigenvalue weighted by Gasteiger charge is 2.21. The molecule has 1 aliphatic rings. The van der Waals surface area contributed by atoms with Gasteiger partial charge in [-0.2, -0.15) is 0 Å². The summed E-state index contributed by atoms with van der Waals surface area (Å²) in [6, 6.07) is 0. The lowest BCUT2D eigenvalue weighted by molar-refractivity contribution is 0.0996. The van der Waals surface area contributed by atoms with Gasteiger partial charge in [-0.1, -0.05) is 23.3 Å². The number of hydrogen-bond donors (Lipinski definition) is 0. The third-order valence-corrected chi connectivity index (χ3v) is 2.12. The molecule has 0 amide bonds. The maximum Gasteiger partial charge on any atom is 0.0767 e. The second-order valence-corrected chi connectivity index (χ2v) is 4.28. The van der Waals surface area contributed by atoms with Crippen molar-refractivity contribution >= 4 is 0 Å². The molecule has 0 aromatic rings. The normalized spacial score (nSPS) is 27.1. The first-order valence-electron chi connectivity index (χ1n) is 5.03. The monoisotopic (exact) mass is 180 g/mol. The van der Waals surface area contributed by atoms with E-state index in [1.807, 2.05) is 0 Å². The highest BCUT2D eigenvalue weighted by molar-refractivity contribution is 5.05. The van der Waals surface area contributed by atoms with Crippen molar-refractivity contribution in [3.05, 3.63) is 23.3 Å². The molecule has 0 N–H and O–H groups in total. The van der Waals surface area contributed by atoms with E-state index in [1.54, 1.807) is 0 Å². The van der Waals surface area contributed by atoms with Gasteiger partial charge in [0.15, 0.2) is 0 Å². The van der Waals surface area contributed by atoms with Crippen LogP contribution in [-0.4, -0.2) is 12.2 Å². The van der Waals surface area contributed by atoms with Crippen molar-refractivity contribution in [3.63, 3.8) is 0 Å². The third-order valence-electron chi connectivity index (χ3n) is 2.12. The molecule has 1 aliphatic heterocycles. The van der Waals surface area contributed by atoms with Crippen LogP contribution in [0.1, 0.15) is 40.5 Å². The van der Waals surface area contributed by atoms with Crippen molar-refractivity contribution in [2.24, 2.45) is 0 Å². The molecule has 1 heterocycles. The molecule has 1 heteroatoms. The smallest absolute Gasteiger partial charge is 0.0767 e. The lowest BCUT2D eigenvalue weighted by Gasteiger charge is -2.07. The van der Waals surface area contributed by atoms with Crippen LogP contribution in [-0.2, 0) is 4.74 Å². The van der Waals surface area contributed by atoms with E-state index >= 15 is 0 Å². The molecule has 0 saturated carbocycles. The fourth-order valence-electron chi connectivity index (χ4n) is 1.68. The Morgan fingerprint density at radius 3 is 1.62 bits per heavy atom. The van der Waals surface area contributed by atoms with Crippen molar-refractivity contribution in [3.8, 4) is 0 Å². The molecule has 0 bridgehead atoms. The van der Waals surface area contributed by atoms with Gasteiger partial charge in [-0.3, -0.25) is 0 Å². The summed E-state index contributed by atoms with van der Waals surface area (Å²) in [4.78, 5) is 0. The Morgan fingerprint density at radius 1 is 0.923 bits per heavy atom. The van der Waals surface area contributed by atoms with E-state index in [2.05, 4.69) is 39.8 Å². The average molecular weight is 180 g/mol. The minimum atomic E-state index is 0.352. The summed E-state index contributed by atoms with van der Waals surface area (Å²) >= 11 is 0. The minimum Gasteiger partial charge on any atom is -0.367 e. The van der Waals surface area contributed by atoms with Crippen LogP contribution in [0.2, 0.25) is 0 Å². The summed E-state index contributed by atoms with van der Waals surface area (Å²) in [6.45, 7) is 8.49. The Labute approximate surface area is 81.5 Å². The van der Waals surface area contributed by atoms with Crippen LogP contribution >= 0.6 is 0 Å². The predicted molar refractivity (Wildman–Crippen MR) is 56.8 cm³/mol. The molecule has 1 fully saturated rings. The number of hydrogen-bond acceptors (Lipinski definition) is 1. The molecular formula is C12H20O. The fourth-order valence-corrected chi connectivity index (χ4v) is 1.68. The number of ether oxygens (including phenoxy) is 1. The molecule has 1 nitrogen and oxygen atoms in total. The van der Waals surface area contributed by atoms with Gasteiger partial charge in [-0.15, -0.1) is 0 Å². The first kappa shape index (κ1) is 10.5. The highest BCUT2D eigenvalue weighted by atomic mass is 16.5. The van der Waals surface area contributed by atoms with Crippen molar-refractivity contribution in [2.75, 3.05) is 0 Å². The summed E-state index contributed by atoms with van der Waals surface area (Å²) in [5.74, 6) is 0. The molecule has 74 valence electrons. The van der Waals surface area contributed by atoms with E-state index in [0.29, 0.717) is 12.2 Å². The second kappa shape index (κ2) is 4.61. The van der Waals surface area contributed by atoms with Crippen molar-refractivity contribution in [1.29, 1.82) is 0 Å². The molecule has 0 spiro atoms. The van der Waals surface area contributed by atoms with Gasteiger partial charge in [0.25, 0.3) is 0 Å². The number of allylic oxidation sites excluding steroid dienone is 2. The maximum absolute atomic E-state index is 5.83. The van der Waals surface area contributed by atoms with Gasteiger partial charge in [-0.25, -0.2) is 0 Å². The molecule has 2 atom stereocenters. The van der Waals surface area contributed by atoms with E-state index in [0.717, 1.165) is 0 Å². The van der Waals surface area contributed by atoms with Gasteiger partial charge >= 0.3 is 0 Å². The maximum atomic E-state index is 5.83. The molecule has 2 unspecified atom stereocenters. The zero-order valence-corrected chi connectivity index (χ0v) is 9.13. The summed E-state index contributed by atoms with van der Waals surface area (Å²) in [5, 5.41) is 0. The SMILES string of the molecule is CC(C)=CC1CCC(C=C(C)C)O1. The van der Waals surface area contributed by atoms with Gasteiger partial charge in [0, 0.05) is 0 Å². The molecule has 1 rings (SSSR count). The fraction of sp³-hybridized carbons (Fsp3) is 0.667. The van der Waals surface area contributed by atoms with E-state index in [9.17, 15) is 0 Å². The molecule has 13 heavy (non-hydrogen) atoms. The quantitative estimate of drug-likeness (QED) is 0.591. The van der Waals surface area contributed by atoms with Gasteiger partial charge < -0.3 is 4.74 Å². The standard InChI is InChI=1S/C12H20O/c1-9(2)7-11-5-6-12(13-11)8-10(3)4/h7-8,11-12H,5-6H2,1-4H3. The van der Waals surface area contributed by atoms with Crippen LogP contribution in [0.5, 0.6) is 0 Å². The van der Waals surface area contributed by atoms with Gasteiger partial charge in [0.05, 0.1) is 12.2 Å². The van der Waals surface area contributed by atoms with Crippen LogP contribution in [0, 0.1) is 0 Å². The van der Waals surface area contributed by atoms with Gasteiger partial charge in [0.1, 0.15) is 0 Å². The molecule has 0 radical (unpaired) electrons. The zero-order valence-electron chi connectivity index (χ0n) is 9.13. The van der Waals surface area contributed by atoms with Crippen LogP contribution in [0.4, 0.5) is 0 Å². The molecule has 0 aromatic carbocycles. The first-order valence-corrected chi connectivity index (χ1v) is 5.03. The van der Waals surface area contributed by atoms with Gasteiger partial charge in [0.2, 0.25) is 0 Å². The Morgan fingerprint density at radius 2 is 1.31 bits per heavy atom. The Kier molecular flexibility index (Phi) is 3.73. The van der Waals surface area contributed by atoms with Crippen LogP contribution in [0.25, 0.3) is 0 Å². The lowest BCUT2D eigenvalue weighted by atomic mass is 10.1. The van der Waals surface area contributed by atoms with E-state index in [4.69, 9.17) is 4.74 Å². The van der Waals surface area contributed by atoms with Crippen LogP contribution in [0.3, 0.4) is 0 Å².